The maximum absolute atomic E-state index is 12.2. The molecule has 1 amide bonds. The monoisotopic (exact) mass is 262 g/mol. The van der Waals surface area contributed by atoms with Gasteiger partial charge in [0, 0.05) is 24.0 Å². The Morgan fingerprint density at radius 2 is 2.16 bits per heavy atom. The summed E-state index contributed by atoms with van der Waals surface area (Å²) < 4.78 is 0. The zero-order valence-electron chi connectivity index (χ0n) is 11.7. The normalized spacial score (nSPS) is 23.1. The quantitative estimate of drug-likeness (QED) is 0.878. The number of carbonyl (C=O) groups excluding carboxylic acids is 1. The number of H-pyrrole nitrogens is 1. The third kappa shape index (κ3) is 3.25. The van der Waals surface area contributed by atoms with Crippen molar-refractivity contribution in [3.63, 3.8) is 0 Å². The molecule has 2 N–H and O–H groups in total. The van der Waals surface area contributed by atoms with E-state index in [9.17, 15) is 9.59 Å². The lowest BCUT2D eigenvalue weighted by molar-refractivity contribution is 0.0903. The molecule has 2 rings (SSSR count). The van der Waals surface area contributed by atoms with Crippen LogP contribution in [0, 0.1) is 12.8 Å². The Kier molecular flexibility index (Phi) is 4.40. The Bertz CT molecular complexity index is 507. The summed E-state index contributed by atoms with van der Waals surface area (Å²) in [4.78, 5) is 26.9. The molecule has 1 aliphatic rings. The summed E-state index contributed by atoms with van der Waals surface area (Å²) >= 11 is 0. The number of aryl methyl sites for hydroxylation is 1. The van der Waals surface area contributed by atoms with Gasteiger partial charge in [-0.1, -0.05) is 26.2 Å². The second-order valence-electron chi connectivity index (χ2n) is 5.43. The number of aromatic nitrogens is 1. The number of pyridine rings is 1. The van der Waals surface area contributed by atoms with Gasteiger partial charge >= 0.3 is 0 Å². The predicted octanol–water partition coefficient (Wildman–Crippen LogP) is 2.38. The summed E-state index contributed by atoms with van der Waals surface area (Å²) in [6.07, 6.45) is 7.19. The SMILES string of the molecule is CCC1CCCCC1NC(=O)c1c[nH]c(C)cc1=O. The van der Waals surface area contributed by atoms with Crippen LogP contribution in [0.5, 0.6) is 0 Å². The standard InChI is InChI=1S/C15H22N2O2/c1-3-11-6-4-5-7-13(11)17-15(19)12-9-16-10(2)8-14(12)18/h8-9,11,13H,3-7H2,1-2H3,(H,16,18)(H,17,19). The topological polar surface area (TPSA) is 62.0 Å². The van der Waals surface area contributed by atoms with Crippen LogP contribution in [0.4, 0.5) is 0 Å². The Morgan fingerprint density at radius 3 is 2.84 bits per heavy atom. The fourth-order valence-corrected chi connectivity index (χ4v) is 2.88. The average Bonchev–Trinajstić information content (AvgIpc) is 2.39. The molecule has 0 aliphatic heterocycles. The highest BCUT2D eigenvalue weighted by molar-refractivity contribution is 5.94. The van der Waals surface area contributed by atoms with Crippen molar-refractivity contribution >= 4 is 5.91 Å². The van der Waals surface area contributed by atoms with E-state index in [0.29, 0.717) is 5.92 Å². The van der Waals surface area contributed by atoms with Gasteiger partial charge in [0.25, 0.3) is 5.91 Å². The van der Waals surface area contributed by atoms with Crippen molar-refractivity contribution < 1.29 is 4.79 Å². The third-order valence-electron chi connectivity index (χ3n) is 4.05. The molecule has 0 spiro atoms. The van der Waals surface area contributed by atoms with Crippen molar-refractivity contribution in [1.29, 1.82) is 0 Å². The lowest BCUT2D eigenvalue weighted by atomic mass is 9.83. The van der Waals surface area contributed by atoms with Gasteiger partial charge in [0.2, 0.25) is 0 Å². The van der Waals surface area contributed by atoms with Crippen LogP contribution in [-0.4, -0.2) is 16.9 Å². The minimum absolute atomic E-state index is 0.211. The summed E-state index contributed by atoms with van der Waals surface area (Å²) in [7, 11) is 0. The Hall–Kier alpha value is -1.58. The van der Waals surface area contributed by atoms with E-state index in [0.717, 1.165) is 25.0 Å². The van der Waals surface area contributed by atoms with Gasteiger partial charge in [-0.05, 0) is 25.7 Å². The van der Waals surface area contributed by atoms with Crippen LogP contribution in [0.15, 0.2) is 17.1 Å². The average molecular weight is 262 g/mol. The van der Waals surface area contributed by atoms with Crippen molar-refractivity contribution in [1.82, 2.24) is 10.3 Å². The number of amides is 1. The van der Waals surface area contributed by atoms with Crippen molar-refractivity contribution in [3.8, 4) is 0 Å². The lowest BCUT2D eigenvalue weighted by Crippen LogP contribution is -2.43. The lowest BCUT2D eigenvalue weighted by Gasteiger charge is -2.31. The van der Waals surface area contributed by atoms with E-state index in [-0.39, 0.29) is 22.9 Å². The van der Waals surface area contributed by atoms with Crippen molar-refractivity contribution in [2.24, 2.45) is 5.92 Å². The summed E-state index contributed by atoms with van der Waals surface area (Å²) in [6.45, 7) is 3.96. The van der Waals surface area contributed by atoms with Gasteiger partial charge in [-0.25, -0.2) is 0 Å². The molecule has 0 bridgehead atoms. The van der Waals surface area contributed by atoms with Crippen molar-refractivity contribution in [3.05, 3.63) is 33.7 Å². The Balaban J connectivity index is 2.09. The molecule has 1 aliphatic carbocycles. The van der Waals surface area contributed by atoms with E-state index < -0.39 is 0 Å². The van der Waals surface area contributed by atoms with Gasteiger partial charge in [-0.2, -0.15) is 0 Å². The van der Waals surface area contributed by atoms with Crippen LogP contribution >= 0.6 is 0 Å². The molecule has 19 heavy (non-hydrogen) atoms. The first-order valence-corrected chi connectivity index (χ1v) is 7.12. The Morgan fingerprint density at radius 1 is 1.42 bits per heavy atom. The van der Waals surface area contributed by atoms with E-state index in [1.807, 2.05) is 0 Å². The van der Waals surface area contributed by atoms with E-state index in [2.05, 4.69) is 17.2 Å². The second kappa shape index (κ2) is 6.04. The molecular weight excluding hydrogens is 240 g/mol. The van der Waals surface area contributed by atoms with Crippen LogP contribution in [0.2, 0.25) is 0 Å². The summed E-state index contributed by atoms with van der Waals surface area (Å²) in [5.74, 6) is 0.300. The predicted molar refractivity (Wildman–Crippen MR) is 75.3 cm³/mol. The molecule has 1 heterocycles. The number of carbonyl (C=O) groups is 1. The zero-order chi connectivity index (χ0) is 13.8. The first kappa shape index (κ1) is 13.8. The highest BCUT2D eigenvalue weighted by atomic mass is 16.2. The minimum Gasteiger partial charge on any atom is -0.364 e. The molecule has 4 heteroatoms. The van der Waals surface area contributed by atoms with Crippen LogP contribution in [0.25, 0.3) is 0 Å². The molecule has 1 saturated carbocycles. The van der Waals surface area contributed by atoms with E-state index in [4.69, 9.17) is 0 Å². The summed E-state index contributed by atoms with van der Waals surface area (Å²) in [6, 6.07) is 1.68. The molecule has 1 aromatic rings. The minimum atomic E-state index is -0.244. The zero-order valence-corrected chi connectivity index (χ0v) is 11.7. The first-order valence-electron chi connectivity index (χ1n) is 7.12. The fourth-order valence-electron chi connectivity index (χ4n) is 2.88. The molecule has 4 nitrogen and oxygen atoms in total. The molecule has 1 aromatic heterocycles. The number of nitrogens with one attached hydrogen (secondary N) is 2. The third-order valence-corrected chi connectivity index (χ3v) is 4.05. The largest absolute Gasteiger partial charge is 0.364 e. The van der Waals surface area contributed by atoms with E-state index >= 15 is 0 Å². The van der Waals surface area contributed by atoms with Gasteiger partial charge in [0.1, 0.15) is 5.56 Å². The molecule has 0 saturated heterocycles. The maximum atomic E-state index is 12.2. The van der Waals surface area contributed by atoms with Crippen molar-refractivity contribution in [2.45, 2.75) is 52.0 Å². The smallest absolute Gasteiger partial charge is 0.256 e. The molecule has 0 radical (unpaired) electrons. The number of hydrogen-bond donors (Lipinski definition) is 2. The fraction of sp³-hybridized carbons (Fsp3) is 0.600. The molecule has 1 fully saturated rings. The van der Waals surface area contributed by atoms with Gasteiger partial charge in [-0.3, -0.25) is 9.59 Å². The second-order valence-corrected chi connectivity index (χ2v) is 5.43. The number of rotatable bonds is 3. The Labute approximate surface area is 113 Å². The summed E-state index contributed by atoms with van der Waals surface area (Å²) in [5.41, 5.74) is 0.772. The van der Waals surface area contributed by atoms with E-state index in [1.165, 1.54) is 25.1 Å². The van der Waals surface area contributed by atoms with E-state index in [1.54, 1.807) is 6.92 Å². The molecule has 2 atom stereocenters. The molecular formula is C15H22N2O2. The molecule has 104 valence electrons. The van der Waals surface area contributed by atoms with Crippen LogP contribution < -0.4 is 10.7 Å². The van der Waals surface area contributed by atoms with Crippen LogP contribution in [0.3, 0.4) is 0 Å². The highest BCUT2D eigenvalue weighted by Gasteiger charge is 2.25. The number of aromatic amines is 1. The van der Waals surface area contributed by atoms with Crippen LogP contribution in [-0.2, 0) is 0 Å². The van der Waals surface area contributed by atoms with Gasteiger partial charge in [0.05, 0.1) is 0 Å². The van der Waals surface area contributed by atoms with Gasteiger partial charge < -0.3 is 10.3 Å². The molecule has 0 aromatic carbocycles. The first-order chi connectivity index (χ1) is 9.11. The van der Waals surface area contributed by atoms with Gasteiger partial charge in [-0.15, -0.1) is 0 Å². The highest BCUT2D eigenvalue weighted by Crippen LogP contribution is 2.26. The van der Waals surface area contributed by atoms with Gasteiger partial charge in [0.15, 0.2) is 5.43 Å². The number of hydrogen-bond acceptors (Lipinski definition) is 2. The van der Waals surface area contributed by atoms with Crippen LogP contribution in [0.1, 0.15) is 55.1 Å². The van der Waals surface area contributed by atoms with Crippen molar-refractivity contribution in [2.75, 3.05) is 0 Å². The maximum Gasteiger partial charge on any atom is 0.256 e. The summed E-state index contributed by atoms with van der Waals surface area (Å²) in [5, 5.41) is 3.04. The molecule has 2 unspecified atom stereocenters.